The minimum Gasteiger partial charge on any atom is -0.360 e. The lowest BCUT2D eigenvalue weighted by Gasteiger charge is -2.34. The third-order valence-corrected chi connectivity index (χ3v) is 6.21. The number of nitro groups is 1. The van der Waals surface area contributed by atoms with Crippen molar-refractivity contribution in [2.75, 3.05) is 37.7 Å². The summed E-state index contributed by atoms with van der Waals surface area (Å²) < 4.78 is 0. The summed E-state index contributed by atoms with van der Waals surface area (Å²) in [7, 11) is 0. The van der Waals surface area contributed by atoms with Crippen LogP contribution in [0.4, 0.5) is 11.4 Å². The Morgan fingerprint density at radius 1 is 1.00 bits per heavy atom. The molecule has 8 heteroatoms. The van der Waals surface area contributed by atoms with Crippen molar-refractivity contribution >= 4 is 23.2 Å². The van der Waals surface area contributed by atoms with E-state index in [4.69, 9.17) is 0 Å². The van der Waals surface area contributed by atoms with Gasteiger partial charge in [0.15, 0.2) is 6.67 Å². The molecule has 0 bridgehead atoms. The molecule has 2 atom stereocenters. The smallest absolute Gasteiger partial charge is 0.269 e. The summed E-state index contributed by atoms with van der Waals surface area (Å²) >= 11 is 0. The largest absolute Gasteiger partial charge is 0.360 e. The van der Waals surface area contributed by atoms with Gasteiger partial charge in [-0.15, -0.1) is 0 Å². The molecule has 1 saturated carbocycles. The van der Waals surface area contributed by atoms with Crippen LogP contribution >= 0.6 is 0 Å². The fourth-order valence-electron chi connectivity index (χ4n) is 4.63. The van der Waals surface area contributed by atoms with E-state index in [2.05, 4.69) is 4.90 Å². The molecular formula is C19H25N4O4+. The summed E-state index contributed by atoms with van der Waals surface area (Å²) in [6.07, 6.45) is 3.81. The van der Waals surface area contributed by atoms with Gasteiger partial charge >= 0.3 is 0 Å². The van der Waals surface area contributed by atoms with Crippen LogP contribution in [-0.4, -0.2) is 54.5 Å². The predicted molar refractivity (Wildman–Crippen MR) is 98.2 cm³/mol. The van der Waals surface area contributed by atoms with Crippen LogP contribution in [0.5, 0.6) is 0 Å². The lowest BCUT2D eigenvalue weighted by Crippen LogP contribution is -3.16. The summed E-state index contributed by atoms with van der Waals surface area (Å²) in [5.41, 5.74) is 1.06. The molecule has 1 N–H and O–H groups in total. The van der Waals surface area contributed by atoms with Crippen molar-refractivity contribution in [2.45, 2.75) is 25.7 Å². The molecule has 4 rings (SSSR count). The van der Waals surface area contributed by atoms with Crippen LogP contribution in [0.1, 0.15) is 25.7 Å². The minimum absolute atomic E-state index is 0.0370. The summed E-state index contributed by atoms with van der Waals surface area (Å²) in [5.74, 6) is -0.0795. The first-order chi connectivity index (χ1) is 13.0. The quantitative estimate of drug-likeness (QED) is 0.470. The lowest BCUT2D eigenvalue weighted by molar-refractivity contribution is -0.908. The Morgan fingerprint density at radius 3 is 2.07 bits per heavy atom. The van der Waals surface area contributed by atoms with E-state index in [1.165, 1.54) is 21.9 Å². The number of carbonyl (C=O) groups is 2. The second-order valence-electron chi connectivity index (χ2n) is 7.77. The second kappa shape index (κ2) is 7.26. The predicted octanol–water partition coefficient (Wildman–Crippen LogP) is 0.432. The molecule has 1 aromatic rings. The number of nitrogens with one attached hydrogen (secondary N) is 1. The molecule has 2 heterocycles. The molecule has 0 radical (unpaired) electrons. The van der Waals surface area contributed by atoms with Gasteiger partial charge in [-0.25, -0.2) is 4.90 Å². The zero-order valence-corrected chi connectivity index (χ0v) is 15.3. The van der Waals surface area contributed by atoms with Crippen molar-refractivity contribution in [1.82, 2.24) is 4.90 Å². The van der Waals surface area contributed by atoms with E-state index >= 15 is 0 Å². The molecule has 0 aromatic heterocycles. The maximum Gasteiger partial charge on any atom is 0.269 e. The average Bonchev–Trinajstić information content (AvgIpc) is 2.94. The number of rotatable bonds is 4. The van der Waals surface area contributed by atoms with Crippen LogP contribution < -0.4 is 9.80 Å². The van der Waals surface area contributed by atoms with E-state index in [0.717, 1.165) is 57.5 Å². The fourth-order valence-corrected chi connectivity index (χ4v) is 4.63. The monoisotopic (exact) mass is 373 g/mol. The Kier molecular flexibility index (Phi) is 4.82. The Labute approximate surface area is 157 Å². The number of likely N-dealkylation sites (tertiary alicyclic amines) is 1. The van der Waals surface area contributed by atoms with Crippen molar-refractivity contribution in [1.29, 1.82) is 0 Å². The summed E-state index contributed by atoms with van der Waals surface area (Å²) in [4.78, 5) is 40.6. The number of quaternary nitrogens is 1. The number of non-ortho nitro benzene ring substituents is 1. The van der Waals surface area contributed by atoms with Gasteiger partial charge in [0.1, 0.15) is 0 Å². The molecular weight excluding hydrogens is 348 g/mol. The van der Waals surface area contributed by atoms with Crippen LogP contribution in [0, 0.1) is 22.0 Å². The molecule has 144 valence electrons. The van der Waals surface area contributed by atoms with Gasteiger partial charge in [-0.3, -0.25) is 19.7 Å². The maximum absolute atomic E-state index is 12.6. The number of hydrogen-bond donors (Lipinski definition) is 1. The van der Waals surface area contributed by atoms with Crippen LogP contribution in [0.3, 0.4) is 0 Å². The number of imide groups is 1. The van der Waals surface area contributed by atoms with Crippen LogP contribution in [-0.2, 0) is 9.59 Å². The van der Waals surface area contributed by atoms with Crippen LogP contribution in [0.25, 0.3) is 0 Å². The molecule has 3 fully saturated rings. The topological polar surface area (TPSA) is 88.2 Å². The van der Waals surface area contributed by atoms with E-state index < -0.39 is 4.92 Å². The van der Waals surface area contributed by atoms with E-state index in [0.29, 0.717) is 6.67 Å². The highest BCUT2D eigenvalue weighted by Crippen LogP contribution is 2.37. The van der Waals surface area contributed by atoms with Gasteiger partial charge in [0.25, 0.3) is 5.69 Å². The van der Waals surface area contributed by atoms with Crippen molar-refractivity contribution in [3.63, 3.8) is 0 Å². The van der Waals surface area contributed by atoms with E-state index in [1.807, 2.05) is 0 Å². The Morgan fingerprint density at radius 2 is 1.56 bits per heavy atom. The maximum atomic E-state index is 12.6. The van der Waals surface area contributed by atoms with Gasteiger partial charge in [-0.1, -0.05) is 12.8 Å². The first-order valence-corrected chi connectivity index (χ1v) is 9.73. The number of amides is 2. The molecule has 8 nitrogen and oxygen atoms in total. The number of fused-ring (bicyclic) bond motifs is 1. The molecule has 3 aliphatic rings. The molecule has 1 aromatic carbocycles. The molecule has 0 unspecified atom stereocenters. The SMILES string of the molecule is O=C1[C@H]2CCCC[C@H]2C(=O)N1C[NH+]1CCN(c2ccc([N+](=O)[O-])cc2)CC1. The van der Waals surface area contributed by atoms with Gasteiger partial charge in [-0.2, -0.15) is 0 Å². The minimum atomic E-state index is -0.395. The molecule has 2 saturated heterocycles. The standard InChI is InChI=1S/C19H24N4O4/c24-18-16-3-1-2-4-17(16)19(25)22(18)13-20-9-11-21(12-10-20)14-5-7-15(8-6-14)23(26)27/h5-8,16-17H,1-4,9-13H2/p+1/t16-,17+. The highest BCUT2D eigenvalue weighted by Gasteiger charge is 2.49. The fraction of sp³-hybridized carbons (Fsp3) is 0.579. The van der Waals surface area contributed by atoms with E-state index in [1.54, 1.807) is 12.1 Å². The van der Waals surface area contributed by atoms with Crippen LogP contribution in [0.2, 0.25) is 0 Å². The third-order valence-electron chi connectivity index (χ3n) is 6.21. The average molecular weight is 373 g/mol. The first-order valence-electron chi connectivity index (χ1n) is 9.73. The zero-order valence-electron chi connectivity index (χ0n) is 15.3. The van der Waals surface area contributed by atoms with Gasteiger partial charge in [0, 0.05) is 17.8 Å². The second-order valence-corrected chi connectivity index (χ2v) is 7.77. The number of benzene rings is 1. The van der Waals surface area contributed by atoms with Gasteiger partial charge in [-0.05, 0) is 25.0 Å². The molecule has 2 amide bonds. The van der Waals surface area contributed by atoms with Crippen molar-refractivity contribution in [2.24, 2.45) is 11.8 Å². The molecule has 1 aliphatic carbocycles. The number of piperazine rings is 1. The normalized spacial score (nSPS) is 26.4. The summed E-state index contributed by atoms with van der Waals surface area (Å²) in [5, 5.41) is 10.8. The van der Waals surface area contributed by atoms with Crippen LogP contribution in [0.15, 0.2) is 24.3 Å². The Balaban J connectivity index is 1.33. The number of carbonyl (C=O) groups excluding carboxylic acids is 2. The lowest BCUT2D eigenvalue weighted by atomic mass is 9.81. The van der Waals surface area contributed by atoms with E-state index in [-0.39, 0.29) is 29.3 Å². The summed E-state index contributed by atoms with van der Waals surface area (Å²) in [6, 6.07) is 6.61. The molecule has 0 spiro atoms. The number of nitrogens with zero attached hydrogens (tertiary/aromatic N) is 3. The number of anilines is 1. The zero-order chi connectivity index (χ0) is 19.0. The number of nitro benzene ring substituents is 1. The highest BCUT2D eigenvalue weighted by molar-refractivity contribution is 6.05. The number of hydrogen-bond acceptors (Lipinski definition) is 5. The molecule has 27 heavy (non-hydrogen) atoms. The van der Waals surface area contributed by atoms with Crippen molar-refractivity contribution in [3.05, 3.63) is 34.4 Å². The third kappa shape index (κ3) is 3.41. The van der Waals surface area contributed by atoms with Crippen molar-refractivity contribution < 1.29 is 19.4 Å². The summed E-state index contributed by atoms with van der Waals surface area (Å²) in [6.45, 7) is 3.75. The van der Waals surface area contributed by atoms with Crippen molar-refractivity contribution in [3.8, 4) is 0 Å². The van der Waals surface area contributed by atoms with Gasteiger partial charge in [0.05, 0.1) is 42.9 Å². The van der Waals surface area contributed by atoms with E-state index in [9.17, 15) is 19.7 Å². The Bertz CT molecular complexity index is 719. The van der Waals surface area contributed by atoms with Gasteiger partial charge in [0.2, 0.25) is 11.8 Å². The molecule has 2 aliphatic heterocycles. The Hall–Kier alpha value is -2.48. The first kappa shape index (κ1) is 17.9. The van der Waals surface area contributed by atoms with Gasteiger partial charge < -0.3 is 9.80 Å². The highest BCUT2D eigenvalue weighted by atomic mass is 16.6.